The summed E-state index contributed by atoms with van der Waals surface area (Å²) in [6, 6.07) is 5.23. The molecule has 0 atom stereocenters. The van der Waals surface area contributed by atoms with Crippen molar-refractivity contribution in [1.29, 1.82) is 0 Å². The fraction of sp³-hybridized carbons (Fsp3) is 0.273. The van der Waals surface area contributed by atoms with Crippen molar-refractivity contribution in [3.05, 3.63) is 48.8 Å². The maximum absolute atomic E-state index is 11.6. The average molecular weight is 251 g/mol. The zero-order valence-electron chi connectivity index (χ0n) is 9.40. The largest absolute Gasteiger partial charge is 0.385 e. The predicted octanol–water partition coefficient (Wildman–Crippen LogP) is 0.791. The van der Waals surface area contributed by atoms with Gasteiger partial charge in [0.25, 0.3) is 5.56 Å². The van der Waals surface area contributed by atoms with Crippen LogP contribution in [0, 0.1) is 0 Å². The van der Waals surface area contributed by atoms with E-state index in [1.54, 1.807) is 11.3 Å². The minimum atomic E-state index is -0.471. The number of hydrogen-bond donors (Lipinski definition) is 2. The van der Waals surface area contributed by atoms with Crippen LogP contribution in [-0.2, 0) is 13.0 Å². The average Bonchev–Trinajstić information content (AvgIpc) is 2.71. The molecule has 0 unspecified atom stereocenters. The first-order valence-electron chi connectivity index (χ1n) is 5.27. The summed E-state index contributed by atoms with van der Waals surface area (Å²) in [4.78, 5) is 27.1. The van der Waals surface area contributed by atoms with E-state index in [9.17, 15) is 9.59 Å². The van der Waals surface area contributed by atoms with Crippen LogP contribution in [0.3, 0.4) is 0 Å². The molecular weight excluding hydrogens is 238 g/mol. The molecule has 0 amide bonds. The molecule has 5 nitrogen and oxygen atoms in total. The number of aromatic amines is 1. The Morgan fingerprint density at radius 1 is 1.35 bits per heavy atom. The van der Waals surface area contributed by atoms with E-state index in [2.05, 4.69) is 11.9 Å². The second-order valence-corrected chi connectivity index (χ2v) is 4.92. The van der Waals surface area contributed by atoms with Gasteiger partial charge in [0.15, 0.2) is 0 Å². The fourth-order valence-corrected chi connectivity index (χ4v) is 2.50. The van der Waals surface area contributed by atoms with Crippen molar-refractivity contribution in [1.82, 2.24) is 9.55 Å². The molecule has 0 aliphatic heterocycles. The molecule has 0 spiro atoms. The highest BCUT2D eigenvalue weighted by molar-refractivity contribution is 7.11. The van der Waals surface area contributed by atoms with Gasteiger partial charge in [-0.25, -0.2) is 4.79 Å². The van der Waals surface area contributed by atoms with Gasteiger partial charge in [0.05, 0.1) is 6.54 Å². The number of anilines is 1. The van der Waals surface area contributed by atoms with Gasteiger partial charge in [-0.2, -0.15) is 0 Å². The highest BCUT2D eigenvalue weighted by Crippen LogP contribution is 2.17. The molecule has 0 radical (unpaired) electrons. The molecule has 6 heteroatoms. The van der Waals surface area contributed by atoms with E-state index in [1.165, 1.54) is 15.5 Å². The topological polar surface area (TPSA) is 80.9 Å². The van der Waals surface area contributed by atoms with E-state index in [4.69, 9.17) is 5.73 Å². The van der Waals surface area contributed by atoms with Crippen LogP contribution in [0.1, 0.15) is 16.7 Å². The van der Waals surface area contributed by atoms with E-state index >= 15 is 0 Å². The predicted molar refractivity (Wildman–Crippen MR) is 68.5 cm³/mol. The third kappa shape index (κ3) is 2.47. The molecule has 0 saturated heterocycles. The van der Waals surface area contributed by atoms with Crippen LogP contribution in [0.4, 0.5) is 5.82 Å². The molecule has 0 aliphatic rings. The number of nitrogens with two attached hydrogens (primary N) is 1. The molecule has 0 fully saturated rings. The number of aromatic nitrogens is 2. The first-order chi connectivity index (χ1) is 8.10. The highest BCUT2D eigenvalue weighted by atomic mass is 32.1. The second-order valence-electron chi connectivity index (χ2n) is 3.67. The van der Waals surface area contributed by atoms with Gasteiger partial charge in [-0.05, 0) is 18.6 Å². The minimum absolute atomic E-state index is 0.185. The first-order valence-corrected chi connectivity index (χ1v) is 6.09. The molecule has 2 rings (SSSR count). The summed E-state index contributed by atoms with van der Waals surface area (Å²) in [5.41, 5.74) is 4.72. The van der Waals surface area contributed by atoms with E-state index in [0.29, 0.717) is 6.54 Å². The summed E-state index contributed by atoms with van der Waals surface area (Å²) >= 11 is 1.64. The summed E-state index contributed by atoms with van der Waals surface area (Å²) in [5.74, 6) is 0.185. The van der Waals surface area contributed by atoms with E-state index in [-0.39, 0.29) is 5.82 Å². The van der Waals surface area contributed by atoms with Gasteiger partial charge in [-0.15, -0.1) is 11.3 Å². The zero-order chi connectivity index (χ0) is 12.4. The molecule has 0 saturated carbocycles. The summed E-state index contributed by atoms with van der Waals surface area (Å²) in [7, 11) is 0. The Kier molecular flexibility index (Phi) is 3.14. The van der Waals surface area contributed by atoms with Crippen LogP contribution in [0.2, 0.25) is 0 Å². The lowest BCUT2D eigenvalue weighted by Gasteiger charge is -2.06. The van der Waals surface area contributed by atoms with Crippen molar-refractivity contribution < 1.29 is 0 Å². The van der Waals surface area contributed by atoms with Crippen molar-refractivity contribution in [2.24, 2.45) is 0 Å². The van der Waals surface area contributed by atoms with Gasteiger partial charge >= 0.3 is 5.69 Å². The SMILES string of the molecule is CCc1ccc(Cn2c(N)cc(=O)[nH]c2=O)s1. The Balaban J connectivity index is 2.36. The number of nitrogens with zero attached hydrogens (tertiary/aromatic N) is 1. The van der Waals surface area contributed by atoms with Crippen LogP contribution in [0.25, 0.3) is 0 Å². The molecule has 2 heterocycles. The van der Waals surface area contributed by atoms with E-state index in [0.717, 1.165) is 11.3 Å². The molecule has 2 aromatic heterocycles. The number of thiophene rings is 1. The normalized spacial score (nSPS) is 10.6. The van der Waals surface area contributed by atoms with Crippen molar-refractivity contribution in [2.45, 2.75) is 19.9 Å². The minimum Gasteiger partial charge on any atom is -0.385 e. The maximum Gasteiger partial charge on any atom is 0.330 e. The van der Waals surface area contributed by atoms with Crippen molar-refractivity contribution in [2.75, 3.05) is 5.73 Å². The number of aryl methyl sites for hydroxylation is 1. The Morgan fingerprint density at radius 2 is 2.06 bits per heavy atom. The molecule has 2 aromatic rings. The number of nitrogen functional groups attached to an aromatic ring is 1. The highest BCUT2D eigenvalue weighted by Gasteiger charge is 2.05. The van der Waals surface area contributed by atoms with Crippen molar-refractivity contribution in [3.63, 3.8) is 0 Å². The second kappa shape index (κ2) is 4.58. The third-order valence-corrected chi connectivity index (χ3v) is 3.66. The number of hydrogen-bond acceptors (Lipinski definition) is 4. The number of rotatable bonds is 3. The van der Waals surface area contributed by atoms with E-state index < -0.39 is 11.2 Å². The van der Waals surface area contributed by atoms with Gasteiger partial charge in [0, 0.05) is 15.8 Å². The van der Waals surface area contributed by atoms with Gasteiger partial charge < -0.3 is 5.73 Å². The standard InChI is InChI=1S/C11H13N3O2S/c1-2-7-3-4-8(17-7)6-14-9(12)5-10(15)13-11(14)16/h3-5H,2,6,12H2,1H3,(H,13,15,16). The summed E-state index contributed by atoms with van der Waals surface area (Å²) < 4.78 is 1.35. The van der Waals surface area contributed by atoms with Crippen LogP contribution in [0.15, 0.2) is 27.8 Å². The molecule has 3 N–H and O–H groups in total. The molecule has 90 valence electrons. The Morgan fingerprint density at radius 3 is 2.65 bits per heavy atom. The summed E-state index contributed by atoms with van der Waals surface area (Å²) in [6.45, 7) is 2.47. The van der Waals surface area contributed by atoms with Crippen LogP contribution in [0.5, 0.6) is 0 Å². The Bertz CT molecular complexity index is 639. The fourth-order valence-electron chi connectivity index (χ4n) is 1.55. The van der Waals surface area contributed by atoms with E-state index in [1.807, 2.05) is 12.1 Å². The lowest BCUT2D eigenvalue weighted by Crippen LogP contribution is -2.31. The first kappa shape index (κ1) is 11.7. The summed E-state index contributed by atoms with van der Waals surface area (Å²) in [5, 5.41) is 0. The lowest BCUT2D eigenvalue weighted by molar-refractivity contribution is 0.741. The molecule has 0 bridgehead atoms. The molecule has 17 heavy (non-hydrogen) atoms. The molecule has 0 aliphatic carbocycles. The lowest BCUT2D eigenvalue weighted by atomic mass is 10.3. The molecule has 0 aromatic carbocycles. The van der Waals surface area contributed by atoms with Crippen molar-refractivity contribution in [3.8, 4) is 0 Å². The maximum atomic E-state index is 11.6. The van der Waals surface area contributed by atoms with Crippen LogP contribution in [-0.4, -0.2) is 9.55 Å². The number of nitrogens with one attached hydrogen (secondary N) is 1. The van der Waals surface area contributed by atoms with Gasteiger partial charge in [0.1, 0.15) is 5.82 Å². The van der Waals surface area contributed by atoms with Gasteiger partial charge in [-0.1, -0.05) is 6.92 Å². The van der Waals surface area contributed by atoms with Crippen LogP contribution < -0.4 is 17.0 Å². The molecular formula is C11H13N3O2S. The monoisotopic (exact) mass is 251 g/mol. The van der Waals surface area contributed by atoms with Gasteiger partial charge in [0.2, 0.25) is 0 Å². The number of H-pyrrole nitrogens is 1. The third-order valence-electron chi connectivity index (χ3n) is 2.45. The van der Waals surface area contributed by atoms with Gasteiger partial charge in [-0.3, -0.25) is 14.3 Å². The Labute approximate surface area is 102 Å². The smallest absolute Gasteiger partial charge is 0.330 e. The Hall–Kier alpha value is -1.82. The quantitative estimate of drug-likeness (QED) is 0.846. The van der Waals surface area contributed by atoms with Crippen LogP contribution >= 0.6 is 11.3 Å². The zero-order valence-corrected chi connectivity index (χ0v) is 10.2. The van der Waals surface area contributed by atoms with Crippen molar-refractivity contribution >= 4 is 17.2 Å². The summed E-state index contributed by atoms with van der Waals surface area (Å²) in [6.07, 6.45) is 0.973.